The van der Waals surface area contributed by atoms with Gasteiger partial charge in [0.2, 0.25) is 17.6 Å². The minimum atomic E-state index is -4.51. The first-order valence-corrected chi connectivity index (χ1v) is 11.8. The van der Waals surface area contributed by atoms with Crippen molar-refractivity contribution in [1.82, 2.24) is 9.47 Å². The van der Waals surface area contributed by atoms with Crippen molar-refractivity contribution in [2.24, 2.45) is 11.8 Å². The van der Waals surface area contributed by atoms with Crippen LogP contribution in [0, 0.1) is 25.7 Å². The maximum atomic E-state index is 13.1. The second-order valence-corrected chi connectivity index (χ2v) is 9.42. The lowest BCUT2D eigenvalue weighted by Gasteiger charge is -2.21. The molecular weight excluding hydrogens is 477 g/mol. The maximum Gasteiger partial charge on any atom is 0.416 e. The Morgan fingerprint density at radius 3 is 2.25 bits per heavy atom. The number of hydrogen-bond acceptors (Lipinski definition) is 5. The van der Waals surface area contributed by atoms with Crippen LogP contribution < -0.4 is 0 Å². The number of alkyl halides is 3. The number of benzene rings is 1. The number of likely N-dealkylation sites (tertiary alicyclic amines) is 1. The highest BCUT2D eigenvalue weighted by Crippen LogP contribution is 2.39. The van der Waals surface area contributed by atoms with Gasteiger partial charge in [0, 0.05) is 22.6 Å². The van der Waals surface area contributed by atoms with E-state index in [0.717, 1.165) is 29.9 Å². The first-order valence-electron chi connectivity index (χ1n) is 11.8. The molecule has 7 nitrogen and oxygen atoms in total. The molecule has 1 aromatic carbocycles. The molecule has 4 rings (SSSR count). The summed E-state index contributed by atoms with van der Waals surface area (Å²) in [5.41, 5.74) is 0.566. The molecule has 0 unspecified atom stereocenters. The number of ketones is 1. The van der Waals surface area contributed by atoms with Gasteiger partial charge in [-0.3, -0.25) is 19.3 Å². The lowest BCUT2D eigenvalue weighted by Crippen LogP contribution is -2.44. The van der Waals surface area contributed by atoms with Crippen LogP contribution in [0.1, 0.15) is 59.9 Å². The number of hydrogen-bond donors (Lipinski definition) is 0. The summed E-state index contributed by atoms with van der Waals surface area (Å²) in [6.07, 6.45) is -1.55. The van der Waals surface area contributed by atoms with Gasteiger partial charge in [-0.15, -0.1) is 0 Å². The van der Waals surface area contributed by atoms with Crippen molar-refractivity contribution in [3.8, 4) is 5.69 Å². The lowest BCUT2D eigenvalue weighted by atomic mass is 9.81. The molecule has 1 aliphatic heterocycles. The highest BCUT2D eigenvalue weighted by Gasteiger charge is 2.51. The van der Waals surface area contributed by atoms with E-state index in [1.54, 1.807) is 13.8 Å². The number of halogens is 3. The van der Waals surface area contributed by atoms with E-state index in [1.165, 1.54) is 29.7 Å². The molecule has 3 atom stereocenters. The van der Waals surface area contributed by atoms with Gasteiger partial charge in [0.1, 0.15) is 6.04 Å². The van der Waals surface area contributed by atoms with E-state index in [4.69, 9.17) is 4.74 Å². The number of esters is 1. The van der Waals surface area contributed by atoms with E-state index >= 15 is 0 Å². The van der Waals surface area contributed by atoms with Crippen LogP contribution in [0.2, 0.25) is 0 Å². The van der Waals surface area contributed by atoms with Crippen LogP contribution in [0.15, 0.2) is 30.3 Å². The molecule has 0 N–H and O–H groups in total. The zero-order valence-corrected chi connectivity index (χ0v) is 20.2. The average Bonchev–Trinajstić information content (AvgIpc) is 3.28. The molecule has 10 heteroatoms. The van der Waals surface area contributed by atoms with Crippen molar-refractivity contribution >= 4 is 23.6 Å². The van der Waals surface area contributed by atoms with Crippen LogP contribution in [-0.2, 0) is 25.3 Å². The van der Waals surface area contributed by atoms with Gasteiger partial charge in [-0.25, -0.2) is 4.79 Å². The maximum absolute atomic E-state index is 13.1. The summed E-state index contributed by atoms with van der Waals surface area (Å²) in [5, 5.41) is 0. The number of imide groups is 1. The van der Waals surface area contributed by atoms with Gasteiger partial charge in [0.25, 0.3) is 0 Å². The van der Waals surface area contributed by atoms with E-state index in [0.29, 0.717) is 24.2 Å². The zero-order valence-electron chi connectivity index (χ0n) is 20.2. The monoisotopic (exact) mass is 504 g/mol. The lowest BCUT2D eigenvalue weighted by molar-refractivity contribution is -0.157. The van der Waals surface area contributed by atoms with Gasteiger partial charge < -0.3 is 9.30 Å². The second kappa shape index (κ2) is 9.55. The number of fused-ring (bicyclic) bond motifs is 1. The SMILES string of the molecule is Cc1cc(C(=O)COC(=O)[C@@H](C)N2C(=O)[C@H]3CCCC[C@@H]3C2=O)c(C)n1-c1cccc(C(F)(F)F)c1. The third-order valence-corrected chi connectivity index (χ3v) is 7.11. The normalized spacial score (nSPS) is 20.9. The number of amides is 2. The van der Waals surface area contributed by atoms with Gasteiger partial charge in [0.15, 0.2) is 6.61 Å². The quantitative estimate of drug-likeness (QED) is 0.331. The van der Waals surface area contributed by atoms with Crippen molar-refractivity contribution < 1.29 is 37.1 Å². The molecule has 2 aromatic rings. The van der Waals surface area contributed by atoms with Gasteiger partial charge in [-0.05, 0) is 57.9 Å². The number of aryl methyl sites for hydroxylation is 1. The number of carbonyl (C=O) groups excluding carboxylic acids is 4. The summed E-state index contributed by atoms with van der Waals surface area (Å²) in [4.78, 5) is 51.9. The molecule has 1 saturated heterocycles. The number of nitrogens with zero attached hydrogens (tertiary/aromatic N) is 2. The minimum absolute atomic E-state index is 0.199. The zero-order chi connectivity index (χ0) is 26.4. The van der Waals surface area contributed by atoms with Gasteiger partial charge >= 0.3 is 12.1 Å². The van der Waals surface area contributed by atoms with Crippen LogP contribution >= 0.6 is 0 Å². The van der Waals surface area contributed by atoms with Gasteiger partial charge in [-0.1, -0.05) is 18.9 Å². The fourth-order valence-corrected chi connectivity index (χ4v) is 5.27. The van der Waals surface area contributed by atoms with Crippen LogP contribution in [0.5, 0.6) is 0 Å². The van der Waals surface area contributed by atoms with Crippen LogP contribution in [0.4, 0.5) is 13.2 Å². The first-order chi connectivity index (χ1) is 16.9. The fourth-order valence-electron chi connectivity index (χ4n) is 5.27. The topological polar surface area (TPSA) is 85.7 Å². The van der Waals surface area contributed by atoms with Crippen molar-refractivity contribution in [2.75, 3.05) is 6.61 Å². The van der Waals surface area contributed by atoms with Crippen LogP contribution in [0.3, 0.4) is 0 Å². The van der Waals surface area contributed by atoms with Crippen LogP contribution in [0.25, 0.3) is 5.69 Å². The molecule has 2 aliphatic rings. The van der Waals surface area contributed by atoms with Gasteiger partial charge in [0.05, 0.1) is 17.4 Å². The van der Waals surface area contributed by atoms with Crippen molar-refractivity contribution in [3.63, 3.8) is 0 Å². The summed E-state index contributed by atoms with van der Waals surface area (Å²) in [5.74, 6) is -2.95. The molecule has 0 bridgehead atoms. The smallest absolute Gasteiger partial charge is 0.416 e. The average molecular weight is 505 g/mol. The number of aromatic nitrogens is 1. The number of ether oxygens (including phenoxy) is 1. The molecule has 36 heavy (non-hydrogen) atoms. The molecular formula is C26H27F3N2O5. The summed E-state index contributed by atoms with van der Waals surface area (Å²) in [6, 6.07) is 5.13. The van der Waals surface area contributed by atoms with E-state index in [1.807, 2.05) is 0 Å². The summed E-state index contributed by atoms with van der Waals surface area (Å²) in [6.45, 7) is 4.02. The Hall–Kier alpha value is -3.43. The Balaban J connectivity index is 1.46. The Morgan fingerprint density at radius 2 is 1.67 bits per heavy atom. The molecule has 2 heterocycles. The van der Waals surface area contributed by atoms with E-state index in [2.05, 4.69) is 0 Å². The van der Waals surface area contributed by atoms with Crippen molar-refractivity contribution in [2.45, 2.75) is 58.7 Å². The second-order valence-electron chi connectivity index (χ2n) is 9.42. The molecule has 0 spiro atoms. The summed E-state index contributed by atoms with van der Waals surface area (Å²) in [7, 11) is 0. The Morgan fingerprint density at radius 1 is 1.06 bits per heavy atom. The standard InChI is InChI=1S/C26H27F3N2O5/c1-14-11-21(15(2)30(14)18-8-6-7-17(12-18)26(27,28)29)22(32)13-36-25(35)16(3)31-23(33)19-9-4-5-10-20(19)24(31)34/h6-8,11-12,16,19-20H,4-5,9-10,13H2,1-3H3/t16-,19+,20+/m1/s1. The van der Waals surface area contributed by atoms with E-state index < -0.39 is 48.0 Å². The highest BCUT2D eigenvalue weighted by atomic mass is 19.4. The fraction of sp³-hybridized carbons (Fsp3) is 0.462. The van der Waals surface area contributed by atoms with Crippen LogP contribution in [-0.4, -0.2) is 45.7 Å². The molecule has 0 radical (unpaired) electrons. The number of Topliss-reactive ketones (excluding diaryl/α,β-unsaturated/α-hetero) is 1. The Bertz CT molecular complexity index is 1210. The van der Waals surface area contributed by atoms with Gasteiger partial charge in [-0.2, -0.15) is 13.2 Å². The molecule has 2 amide bonds. The molecule has 1 aromatic heterocycles. The molecule has 192 valence electrons. The Labute approximate surface area is 206 Å². The minimum Gasteiger partial charge on any atom is -0.456 e. The first kappa shape index (κ1) is 25.7. The highest BCUT2D eigenvalue weighted by molar-refractivity contribution is 6.08. The number of rotatable bonds is 6. The van der Waals surface area contributed by atoms with E-state index in [-0.39, 0.29) is 23.1 Å². The molecule has 2 fully saturated rings. The third-order valence-electron chi connectivity index (χ3n) is 7.11. The third kappa shape index (κ3) is 4.56. The Kier molecular flexibility index (Phi) is 6.81. The summed E-state index contributed by atoms with van der Waals surface area (Å²) < 4.78 is 46.1. The van der Waals surface area contributed by atoms with Crippen molar-refractivity contribution in [1.29, 1.82) is 0 Å². The molecule has 1 aliphatic carbocycles. The predicted molar refractivity (Wildman–Crippen MR) is 122 cm³/mol. The van der Waals surface area contributed by atoms with E-state index in [9.17, 15) is 32.3 Å². The largest absolute Gasteiger partial charge is 0.456 e. The molecule has 1 saturated carbocycles. The van der Waals surface area contributed by atoms with Crippen molar-refractivity contribution in [3.05, 3.63) is 52.8 Å². The summed E-state index contributed by atoms with van der Waals surface area (Å²) >= 11 is 0. The predicted octanol–water partition coefficient (Wildman–Crippen LogP) is 4.40. The number of carbonyl (C=O) groups is 4.